The van der Waals surface area contributed by atoms with Crippen LogP contribution in [0.4, 0.5) is 0 Å². The van der Waals surface area contributed by atoms with E-state index in [9.17, 15) is 8.42 Å². The molecule has 1 aromatic rings. The molecule has 2 aliphatic rings. The van der Waals surface area contributed by atoms with Gasteiger partial charge in [-0.05, 0) is 81.5 Å². The van der Waals surface area contributed by atoms with Gasteiger partial charge in [0.05, 0.1) is 0 Å². The molecular weight excluding hydrogens is 510 g/mol. The summed E-state index contributed by atoms with van der Waals surface area (Å²) in [4.78, 5) is 0.294. The molecule has 2 aliphatic carbocycles. The zero-order valence-corrected chi connectivity index (χ0v) is 18.3. The van der Waals surface area contributed by atoms with Crippen LogP contribution in [0.3, 0.4) is 0 Å². The third-order valence-corrected chi connectivity index (χ3v) is 8.88. The average Bonchev–Trinajstić information content (AvgIpc) is 2.86. The van der Waals surface area contributed by atoms with Gasteiger partial charge in [-0.3, -0.25) is 0 Å². The topological polar surface area (TPSA) is 46.2 Å². The van der Waals surface area contributed by atoms with Gasteiger partial charge in [0.2, 0.25) is 10.0 Å². The van der Waals surface area contributed by atoms with Gasteiger partial charge < -0.3 is 0 Å². The smallest absolute Gasteiger partial charge is 0.207 e. The molecule has 0 saturated heterocycles. The van der Waals surface area contributed by atoms with E-state index in [1.54, 1.807) is 12.1 Å². The van der Waals surface area contributed by atoms with Gasteiger partial charge in [-0.2, -0.15) is 0 Å². The molecule has 2 saturated carbocycles. The van der Waals surface area contributed by atoms with Crippen molar-refractivity contribution in [3.05, 3.63) is 25.6 Å². The lowest BCUT2D eigenvalue weighted by Gasteiger charge is -2.37. The van der Waals surface area contributed by atoms with Crippen molar-refractivity contribution in [2.45, 2.75) is 55.9 Å². The predicted octanol–water partition coefficient (Wildman–Crippen LogP) is 5.61. The Balaban J connectivity index is 1.89. The monoisotopic (exact) mass is 527 g/mol. The summed E-state index contributed by atoms with van der Waals surface area (Å²) in [5.74, 6) is 0.990. The molecule has 1 N–H and O–H groups in total. The molecule has 1 unspecified atom stereocenters. The largest absolute Gasteiger partial charge is 0.243 e. The van der Waals surface area contributed by atoms with Crippen molar-refractivity contribution in [3.63, 3.8) is 0 Å². The van der Waals surface area contributed by atoms with Crippen LogP contribution in [0.1, 0.15) is 44.9 Å². The molecular formula is C16H20Br3NO2S. The molecule has 3 rings (SSSR count). The van der Waals surface area contributed by atoms with E-state index in [4.69, 9.17) is 0 Å². The van der Waals surface area contributed by atoms with E-state index in [2.05, 4.69) is 52.5 Å². The Kier molecular flexibility index (Phi) is 5.94. The van der Waals surface area contributed by atoms with Gasteiger partial charge >= 0.3 is 0 Å². The molecule has 0 aromatic heterocycles. The second-order valence-corrected chi connectivity index (χ2v) is 10.9. The summed E-state index contributed by atoms with van der Waals surface area (Å²) in [6.07, 6.45) is 8.25. The molecule has 0 heterocycles. The predicted molar refractivity (Wildman–Crippen MR) is 103 cm³/mol. The van der Waals surface area contributed by atoms with Crippen LogP contribution in [0.15, 0.2) is 30.4 Å². The minimum atomic E-state index is -3.56. The molecule has 0 radical (unpaired) electrons. The fourth-order valence-electron chi connectivity index (χ4n) is 3.72. The van der Waals surface area contributed by atoms with Crippen LogP contribution in [-0.4, -0.2) is 14.5 Å². The fourth-order valence-corrected chi connectivity index (χ4v) is 8.75. The summed E-state index contributed by atoms with van der Waals surface area (Å²) in [5, 5.41) is 0. The van der Waals surface area contributed by atoms with Crippen molar-refractivity contribution in [2.24, 2.45) is 11.8 Å². The maximum Gasteiger partial charge on any atom is 0.243 e. The van der Waals surface area contributed by atoms with Crippen LogP contribution in [0.25, 0.3) is 0 Å². The normalized spacial score (nSPS) is 21.3. The van der Waals surface area contributed by atoms with Crippen LogP contribution >= 0.6 is 47.8 Å². The number of rotatable bonds is 5. The number of hydrogen-bond donors (Lipinski definition) is 1. The second kappa shape index (κ2) is 7.44. The first kappa shape index (κ1) is 18.4. The van der Waals surface area contributed by atoms with Gasteiger partial charge in [-0.25, -0.2) is 13.1 Å². The number of nitrogens with one attached hydrogen (secondary N) is 1. The standard InChI is InChI=1S/C16H20Br3NO2S/c17-12-8-13(18)16(14(19)9-12)23(21,22)20-15(11-6-3-7-11)10-4-1-2-5-10/h8-11,15,20H,1-7H2. The van der Waals surface area contributed by atoms with Gasteiger partial charge in [0.25, 0.3) is 0 Å². The van der Waals surface area contributed by atoms with E-state index in [-0.39, 0.29) is 6.04 Å². The first-order valence-electron chi connectivity index (χ1n) is 8.05. The number of benzene rings is 1. The maximum absolute atomic E-state index is 13.0. The fraction of sp³-hybridized carbons (Fsp3) is 0.625. The summed E-state index contributed by atoms with van der Waals surface area (Å²) < 4.78 is 31.1. The first-order valence-corrected chi connectivity index (χ1v) is 11.9. The summed E-state index contributed by atoms with van der Waals surface area (Å²) in [6.45, 7) is 0. The Morgan fingerprint density at radius 2 is 1.39 bits per heavy atom. The third-order valence-electron chi connectivity index (χ3n) is 5.09. The quantitative estimate of drug-likeness (QED) is 0.539. The van der Waals surface area contributed by atoms with Crippen molar-refractivity contribution in [3.8, 4) is 0 Å². The Hall–Kier alpha value is 0.570. The zero-order valence-electron chi connectivity index (χ0n) is 12.7. The van der Waals surface area contributed by atoms with Crippen molar-refractivity contribution < 1.29 is 8.42 Å². The zero-order chi connectivity index (χ0) is 16.6. The highest BCUT2D eigenvalue weighted by Crippen LogP contribution is 2.40. The van der Waals surface area contributed by atoms with Gasteiger partial charge in [0.1, 0.15) is 4.90 Å². The molecule has 3 nitrogen and oxygen atoms in total. The number of halogens is 3. The summed E-state index contributed by atoms with van der Waals surface area (Å²) in [5.41, 5.74) is 0. The van der Waals surface area contributed by atoms with Gasteiger partial charge in [0, 0.05) is 19.5 Å². The van der Waals surface area contributed by atoms with Crippen LogP contribution in [-0.2, 0) is 10.0 Å². The lowest BCUT2D eigenvalue weighted by atomic mass is 9.75. The second-order valence-electron chi connectivity index (χ2n) is 6.58. The minimum absolute atomic E-state index is 0.0821. The number of sulfonamides is 1. The van der Waals surface area contributed by atoms with Crippen LogP contribution in [0, 0.1) is 11.8 Å². The Morgan fingerprint density at radius 1 is 0.913 bits per heavy atom. The van der Waals surface area contributed by atoms with Crippen molar-refractivity contribution in [1.82, 2.24) is 4.72 Å². The van der Waals surface area contributed by atoms with E-state index >= 15 is 0 Å². The maximum atomic E-state index is 13.0. The van der Waals surface area contributed by atoms with Gasteiger partial charge in [-0.1, -0.05) is 35.2 Å². The van der Waals surface area contributed by atoms with E-state index in [1.807, 2.05) is 0 Å². The van der Waals surface area contributed by atoms with E-state index in [0.29, 0.717) is 25.7 Å². The lowest BCUT2D eigenvalue weighted by Crippen LogP contribution is -2.47. The minimum Gasteiger partial charge on any atom is -0.207 e. The molecule has 0 amide bonds. The summed E-state index contributed by atoms with van der Waals surface area (Å²) in [6, 6.07) is 3.62. The van der Waals surface area contributed by atoms with Crippen molar-refractivity contribution >= 4 is 57.8 Å². The third kappa shape index (κ3) is 4.05. The molecule has 2 fully saturated rings. The summed E-state index contributed by atoms with van der Waals surface area (Å²) >= 11 is 10.2. The van der Waals surface area contributed by atoms with E-state index in [0.717, 1.165) is 30.2 Å². The van der Waals surface area contributed by atoms with Crippen LogP contribution < -0.4 is 4.72 Å². The number of hydrogen-bond acceptors (Lipinski definition) is 2. The molecule has 1 aromatic carbocycles. The first-order chi connectivity index (χ1) is 10.9. The van der Waals surface area contributed by atoms with E-state index < -0.39 is 10.0 Å². The molecule has 1 atom stereocenters. The molecule has 0 aliphatic heterocycles. The van der Waals surface area contributed by atoms with Gasteiger partial charge in [0.15, 0.2) is 0 Å². The molecule has 0 spiro atoms. The highest BCUT2D eigenvalue weighted by molar-refractivity contribution is 9.11. The van der Waals surface area contributed by atoms with Crippen LogP contribution in [0.5, 0.6) is 0 Å². The van der Waals surface area contributed by atoms with Crippen molar-refractivity contribution in [2.75, 3.05) is 0 Å². The highest BCUT2D eigenvalue weighted by atomic mass is 79.9. The molecule has 128 valence electrons. The summed E-state index contributed by atoms with van der Waals surface area (Å²) in [7, 11) is -3.56. The highest BCUT2D eigenvalue weighted by Gasteiger charge is 2.38. The lowest BCUT2D eigenvalue weighted by molar-refractivity contribution is 0.195. The average molecular weight is 530 g/mol. The van der Waals surface area contributed by atoms with E-state index in [1.165, 1.54) is 19.3 Å². The SMILES string of the molecule is O=S(=O)(NC(C1CCCC1)C1CCC1)c1c(Br)cc(Br)cc1Br. The Bertz CT molecular complexity index is 660. The molecule has 0 bridgehead atoms. The molecule has 7 heteroatoms. The Labute approximate surface area is 163 Å². The van der Waals surface area contributed by atoms with Crippen molar-refractivity contribution in [1.29, 1.82) is 0 Å². The van der Waals surface area contributed by atoms with Gasteiger partial charge in [-0.15, -0.1) is 0 Å². The Morgan fingerprint density at radius 3 is 1.83 bits per heavy atom. The van der Waals surface area contributed by atoms with Crippen LogP contribution in [0.2, 0.25) is 0 Å². The molecule has 23 heavy (non-hydrogen) atoms.